The number of amides is 2. The standard InChI is InChI=1S/C17H20ClN3O3.C17H25N3O2S/c1-20-14-7-11(18)6-12(16(14)24-9-15(20)22)17(23)19-13-8-21-4-2-10(13)3-5-21;1-18-23(21,22)10-7-13-3-4-17-15(11-13)16(12-19-17)14-5-8-20(2)9-6-14/h6-7,10,13H,2-5,8-9H2,1H3,(H,19,23);3-4,11-12,14,18-19H,5-10H2,1-2H3. The molecule has 4 saturated heterocycles. The molecule has 5 aliphatic rings. The van der Waals surface area contributed by atoms with E-state index < -0.39 is 10.0 Å². The Kier molecular flexibility index (Phi) is 10.1. The number of sulfonamides is 1. The number of carbonyl (C=O) groups excluding carboxylic acids is 2. The zero-order valence-corrected chi connectivity index (χ0v) is 28.9. The quantitative estimate of drug-likeness (QED) is 0.347. The number of ether oxygens (including phenoxy) is 1. The van der Waals surface area contributed by atoms with E-state index >= 15 is 0 Å². The molecule has 1 aromatic heterocycles. The van der Waals surface area contributed by atoms with Crippen molar-refractivity contribution in [2.24, 2.45) is 5.92 Å². The highest BCUT2D eigenvalue weighted by Gasteiger charge is 2.36. The summed E-state index contributed by atoms with van der Waals surface area (Å²) in [5.41, 5.74) is 4.53. The van der Waals surface area contributed by atoms with Crippen LogP contribution >= 0.6 is 11.6 Å². The van der Waals surface area contributed by atoms with Gasteiger partial charge in [0.15, 0.2) is 12.4 Å². The van der Waals surface area contributed by atoms with Gasteiger partial charge in [-0.15, -0.1) is 0 Å². The Morgan fingerprint density at radius 1 is 1.06 bits per heavy atom. The number of likely N-dealkylation sites (tertiary alicyclic amines) is 1. The van der Waals surface area contributed by atoms with Crippen LogP contribution in [0, 0.1) is 5.92 Å². The maximum absolute atomic E-state index is 12.8. The number of piperidine rings is 4. The summed E-state index contributed by atoms with van der Waals surface area (Å²) in [4.78, 5) is 34.2. The third-order valence-corrected chi connectivity index (χ3v) is 11.8. The Morgan fingerprint density at radius 2 is 1.81 bits per heavy atom. The molecule has 2 amide bonds. The first-order chi connectivity index (χ1) is 22.5. The predicted octanol–water partition coefficient (Wildman–Crippen LogP) is 3.59. The minimum Gasteiger partial charge on any atom is -0.481 e. The third-order valence-electron chi connectivity index (χ3n) is 10.2. The van der Waals surface area contributed by atoms with Gasteiger partial charge in [0.2, 0.25) is 10.0 Å². The zero-order chi connectivity index (χ0) is 33.3. The number of nitrogens with one attached hydrogen (secondary N) is 3. The van der Waals surface area contributed by atoms with Crippen LogP contribution in [0.25, 0.3) is 10.9 Å². The van der Waals surface area contributed by atoms with E-state index in [9.17, 15) is 18.0 Å². The number of aromatic nitrogens is 1. The second-order valence-electron chi connectivity index (χ2n) is 13.2. The lowest BCUT2D eigenvalue weighted by atomic mass is 9.84. The fourth-order valence-electron chi connectivity index (χ4n) is 7.25. The van der Waals surface area contributed by atoms with E-state index in [1.165, 1.54) is 35.7 Å². The van der Waals surface area contributed by atoms with Gasteiger partial charge in [0.1, 0.15) is 0 Å². The molecule has 13 heteroatoms. The lowest BCUT2D eigenvalue weighted by molar-refractivity contribution is -0.121. The molecule has 0 saturated carbocycles. The number of hydrogen-bond donors (Lipinski definition) is 3. The first-order valence-corrected chi connectivity index (χ1v) is 18.5. The average Bonchev–Trinajstić information content (AvgIpc) is 3.50. The number of nitrogens with zero attached hydrogens (tertiary/aromatic N) is 3. The number of rotatable bonds is 7. The molecule has 3 N–H and O–H groups in total. The van der Waals surface area contributed by atoms with E-state index in [0.29, 0.717) is 40.3 Å². The van der Waals surface area contributed by atoms with Crippen molar-refractivity contribution in [3.8, 4) is 5.75 Å². The molecule has 47 heavy (non-hydrogen) atoms. The van der Waals surface area contributed by atoms with Gasteiger partial charge in [-0.3, -0.25) is 9.59 Å². The van der Waals surface area contributed by atoms with Crippen molar-refractivity contribution in [1.29, 1.82) is 0 Å². The topological polar surface area (TPSA) is 127 Å². The number of fused-ring (bicyclic) bond motifs is 5. The third kappa shape index (κ3) is 7.62. The van der Waals surface area contributed by atoms with Crippen molar-refractivity contribution in [1.82, 2.24) is 24.8 Å². The first-order valence-electron chi connectivity index (χ1n) is 16.5. The number of anilines is 1. The Balaban J connectivity index is 0.000000165. The van der Waals surface area contributed by atoms with Crippen LogP contribution < -0.4 is 19.7 Å². The number of benzene rings is 2. The number of aromatic amines is 1. The fourth-order valence-corrected chi connectivity index (χ4v) is 8.17. The van der Waals surface area contributed by atoms with Crippen molar-refractivity contribution in [3.63, 3.8) is 0 Å². The van der Waals surface area contributed by atoms with Crippen LogP contribution in [0.1, 0.15) is 53.1 Å². The highest BCUT2D eigenvalue weighted by molar-refractivity contribution is 7.89. The predicted molar refractivity (Wildman–Crippen MR) is 185 cm³/mol. The number of likely N-dealkylation sites (N-methyl/N-ethyl adjacent to an activating group) is 1. The van der Waals surface area contributed by atoms with Gasteiger partial charge in [-0.2, -0.15) is 0 Å². The highest BCUT2D eigenvalue weighted by atomic mass is 35.5. The monoisotopic (exact) mass is 684 g/mol. The van der Waals surface area contributed by atoms with E-state index in [1.54, 1.807) is 19.2 Å². The number of halogens is 1. The SMILES string of the molecule is CN1C(=O)COc2c(C(=O)NC3CN4CCC3CC4)cc(Cl)cc21.CNS(=O)(=O)CCc1ccc2[nH]cc(C3CCN(C)CC3)c2c1. The Bertz CT molecular complexity index is 1730. The summed E-state index contributed by atoms with van der Waals surface area (Å²) in [7, 11) is 2.14. The molecule has 6 heterocycles. The molecule has 1 atom stereocenters. The van der Waals surface area contributed by atoms with Crippen LogP contribution in [-0.4, -0.2) is 107 Å². The molecule has 0 radical (unpaired) electrons. The van der Waals surface area contributed by atoms with E-state index in [2.05, 4.69) is 50.2 Å². The van der Waals surface area contributed by atoms with Crippen LogP contribution in [0.5, 0.6) is 5.75 Å². The molecular weight excluding hydrogens is 640 g/mol. The summed E-state index contributed by atoms with van der Waals surface area (Å²) in [6.07, 6.45) is 7.30. The van der Waals surface area contributed by atoms with Crippen molar-refractivity contribution in [2.45, 2.75) is 44.1 Å². The smallest absolute Gasteiger partial charge is 0.264 e. The highest BCUT2D eigenvalue weighted by Crippen LogP contribution is 2.38. The summed E-state index contributed by atoms with van der Waals surface area (Å²) in [5.74, 6) is 1.35. The number of H-pyrrole nitrogens is 1. The minimum atomic E-state index is -3.16. The summed E-state index contributed by atoms with van der Waals surface area (Å²) >= 11 is 6.16. The van der Waals surface area contributed by atoms with Gasteiger partial charge in [-0.1, -0.05) is 17.7 Å². The molecule has 2 aromatic carbocycles. The van der Waals surface area contributed by atoms with Crippen LogP contribution in [-0.2, 0) is 21.2 Å². The summed E-state index contributed by atoms with van der Waals surface area (Å²) in [6.45, 7) is 5.36. The van der Waals surface area contributed by atoms with Gasteiger partial charge in [-0.25, -0.2) is 13.1 Å². The lowest BCUT2D eigenvalue weighted by Crippen LogP contribution is -2.57. The van der Waals surface area contributed by atoms with Crippen LogP contribution in [0.15, 0.2) is 36.5 Å². The average molecular weight is 685 g/mol. The largest absolute Gasteiger partial charge is 0.481 e. The maximum atomic E-state index is 12.8. The number of carbonyl (C=O) groups is 2. The fraction of sp³-hybridized carbons (Fsp3) is 0.529. The summed E-state index contributed by atoms with van der Waals surface area (Å²) < 4.78 is 31.1. The Labute approximate surface area is 282 Å². The Hall–Kier alpha value is -3.16. The van der Waals surface area contributed by atoms with E-state index in [1.807, 2.05) is 6.07 Å². The molecule has 5 aliphatic heterocycles. The van der Waals surface area contributed by atoms with Crippen LogP contribution in [0.4, 0.5) is 5.69 Å². The molecule has 8 rings (SSSR count). The minimum absolute atomic E-state index is 0.0642. The molecule has 1 unspecified atom stereocenters. The normalized spacial score (nSPS) is 23.2. The molecule has 254 valence electrons. The van der Waals surface area contributed by atoms with Crippen LogP contribution in [0.3, 0.4) is 0 Å². The molecular formula is C34H45ClN6O5S. The van der Waals surface area contributed by atoms with Crippen LogP contribution in [0.2, 0.25) is 5.02 Å². The molecule has 0 aliphatic carbocycles. The zero-order valence-electron chi connectivity index (χ0n) is 27.4. The molecule has 4 fully saturated rings. The van der Waals surface area contributed by atoms with Gasteiger partial charge >= 0.3 is 0 Å². The van der Waals surface area contributed by atoms with Gasteiger partial charge in [0.25, 0.3) is 11.8 Å². The van der Waals surface area contributed by atoms with Gasteiger partial charge in [-0.05, 0) is 120 Å². The maximum Gasteiger partial charge on any atom is 0.264 e. The second kappa shape index (κ2) is 14.1. The molecule has 3 aromatic rings. The van der Waals surface area contributed by atoms with Gasteiger partial charge in [0, 0.05) is 41.8 Å². The van der Waals surface area contributed by atoms with Crippen molar-refractivity contribution >= 4 is 50.0 Å². The van der Waals surface area contributed by atoms with E-state index in [0.717, 1.165) is 56.6 Å². The number of aryl methyl sites for hydroxylation is 1. The molecule has 0 spiro atoms. The lowest BCUT2D eigenvalue weighted by Gasteiger charge is -2.45. The first kappa shape index (κ1) is 33.7. The van der Waals surface area contributed by atoms with E-state index in [4.69, 9.17) is 16.3 Å². The van der Waals surface area contributed by atoms with Gasteiger partial charge < -0.3 is 29.7 Å². The van der Waals surface area contributed by atoms with Crippen molar-refractivity contribution in [3.05, 3.63) is 58.2 Å². The van der Waals surface area contributed by atoms with Gasteiger partial charge in [0.05, 0.1) is 17.0 Å². The molecule has 11 nitrogen and oxygen atoms in total. The van der Waals surface area contributed by atoms with E-state index in [-0.39, 0.29) is 30.2 Å². The molecule has 2 bridgehead atoms. The number of hydrogen-bond acceptors (Lipinski definition) is 7. The second-order valence-corrected chi connectivity index (χ2v) is 15.7. The van der Waals surface area contributed by atoms with Crippen molar-refractivity contribution in [2.75, 3.05) is 71.1 Å². The summed E-state index contributed by atoms with van der Waals surface area (Å²) in [6, 6.07) is 9.67. The van der Waals surface area contributed by atoms with Crippen molar-refractivity contribution < 1.29 is 22.7 Å². The summed E-state index contributed by atoms with van der Waals surface area (Å²) in [5, 5.41) is 4.81. The Morgan fingerprint density at radius 3 is 2.49 bits per heavy atom.